The number of nitrogens with zero attached hydrogens (tertiary/aromatic N) is 7. The molecule has 1 fully saturated rings. The highest BCUT2D eigenvalue weighted by molar-refractivity contribution is 9.10. The molecule has 1 saturated heterocycles. The third kappa shape index (κ3) is 4.64. The van der Waals surface area contributed by atoms with Crippen LogP contribution in [0.3, 0.4) is 0 Å². The number of benzene rings is 1. The van der Waals surface area contributed by atoms with Crippen molar-refractivity contribution in [3.8, 4) is 5.69 Å². The molecule has 1 amide bonds. The fraction of sp³-hybridized carbons (Fsp3) is 0.292. The maximum Gasteiger partial charge on any atom is 0.239 e. The van der Waals surface area contributed by atoms with Gasteiger partial charge >= 0.3 is 0 Å². The van der Waals surface area contributed by atoms with E-state index in [1.807, 2.05) is 42.2 Å². The number of halogens is 1. The zero-order valence-corrected chi connectivity index (χ0v) is 20.6. The number of fused-ring (bicyclic) bond motifs is 1. The summed E-state index contributed by atoms with van der Waals surface area (Å²) < 4.78 is 2.74. The van der Waals surface area contributed by atoms with Gasteiger partial charge in [0.25, 0.3) is 0 Å². The number of pyridine rings is 1. The second-order valence-electron chi connectivity index (χ2n) is 8.47. The van der Waals surface area contributed by atoms with Gasteiger partial charge in [-0.1, -0.05) is 17.7 Å². The molecule has 1 aliphatic heterocycles. The van der Waals surface area contributed by atoms with E-state index < -0.39 is 0 Å². The van der Waals surface area contributed by atoms with Gasteiger partial charge in [-0.2, -0.15) is 0 Å². The first-order valence-corrected chi connectivity index (χ1v) is 11.9. The molecule has 1 N–H and O–H groups in total. The molecule has 34 heavy (non-hydrogen) atoms. The molecular weight excluding hydrogens is 496 g/mol. The van der Waals surface area contributed by atoms with Crippen molar-refractivity contribution in [1.29, 1.82) is 0 Å². The molecule has 0 spiro atoms. The molecular formula is C24H25BrN8O. The Labute approximate surface area is 206 Å². The third-order valence-electron chi connectivity index (χ3n) is 6.08. The summed E-state index contributed by atoms with van der Waals surface area (Å²) in [5.41, 5.74) is 3.60. The number of likely N-dealkylation sites (N-methyl/N-ethyl adjacent to an activating group) is 1. The summed E-state index contributed by atoms with van der Waals surface area (Å²) in [5, 5.41) is 8.54. The Bertz CT molecular complexity index is 1310. The second kappa shape index (κ2) is 9.47. The summed E-state index contributed by atoms with van der Waals surface area (Å²) >= 11 is 3.38. The number of carbonyl (C=O) groups excluding carboxylic acids is 1. The van der Waals surface area contributed by atoms with E-state index in [4.69, 9.17) is 0 Å². The largest absolute Gasteiger partial charge is 0.353 e. The monoisotopic (exact) mass is 520 g/mol. The molecule has 1 atom stereocenters. The molecule has 0 saturated carbocycles. The molecule has 5 rings (SSSR count). The van der Waals surface area contributed by atoms with Gasteiger partial charge in [0.15, 0.2) is 5.65 Å². The number of amides is 1. The van der Waals surface area contributed by atoms with Crippen LogP contribution in [-0.2, 0) is 11.3 Å². The van der Waals surface area contributed by atoms with Crippen molar-refractivity contribution in [1.82, 2.24) is 34.9 Å². The highest BCUT2D eigenvalue weighted by Crippen LogP contribution is 2.25. The highest BCUT2D eigenvalue weighted by Gasteiger charge is 2.31. The van der Waals surface area contributed by atoms with E-state index in [-0.39, 0.29) is 11.9 Å². The summed E-state index contributed by atoms with van der Waals surface area (Å²) in [6.45, 7) is 4.47. The van der Waals surface area contributed by atoms with Crippen molar-refractivity contribution < 1.29 is 4.79 Å². The van der Waals surface area contributed by atoms with Gasteiger partial charge in [0, 0.05) is 36.5 Å². The summed E-state index contributed by atoms with van der Waals surface area (Å²) in [6, 6.07) is 11.7. The molecule has 4 heterocycles. The van der Waals surface area contributed by atoms with Gasteiger partial charge in [-0.25, -0.2) is 14.6 Å². The van der Waals surface area contributed by atoms with Crippen LogP contribution in [0.1, 0.15) is 11.3 Å². The van der Waals surface area contributed by atoms with Gasteiger partial charge in [0.1, 0.15) is 18.2 Å². The molecule has 9 nitrogen and oxygen atoms in total. The van der Waals surface area contributed by atoms with Crippen LogP contribution < -0.4 is 10.2 Å². The normalized spacial score (nSPS) is 16.7. The maximum absolute atomic E-state index is 13.0. The lowest BCUT2D eigenvalue weighted by molar-refractivity contribution is -0.126. The zero-order valence-electron chi connectivity index (χ0n) is 19.0. The average molecular weight is 521 g/mol. The van der Waals surface area contributed by atoms with Crippen LogP contribution in [0.4, 0.5) is 5.82 Å². The van der Waals surface area contributed by atoms with Crippen molar-refractivity contribution >= 4 is 38.7 Å². The van der Waals surface area contributed by atoms with Gasteiger partial charge in [-0.05, 0) is 54.2 Å². The summed E-state index contributed by atoms with van der Waals surface area (Å²) in [5.74, 6) is 0.765. The molecule has 0 bridgehead atoms. The first-order chi connectivity index (χ1) is 16.5. The van der Waals surface area contributed by atoms with Crippen molar-refractivity contribution in [2.75, 3.05) is 31.6 Å². The van der Waals surface area contributed by atoms with Crippen LogP contribution in [0.15, 0.2) is 59.6 Å². The number of carbonyl (C=O) groups is 1. The smallest absolute Gasteiger partial charge is 0.239 e. The van der Waals surface area contributed by atoms with Crippen molar-refractivity contribution in [3.05, 3.63) is 70.8 Å². The van der Waals surface area contributed by atoms with Crippen LogP contribution in [0.2, 0.25) is 0 Å². The van der Waals surface area contributed by atoms with E-state index in [9.17, 15) is 4.79 Å². The van der Waals surface area contributed by atoms with Crippen LogP contribution in [0, 0.1) is 6.92 Å². The number of aryl methyl sites for hydroxylation is 1. The SMILES string of the molecule is Cc1ccc(-n2cc3c(N4CCN(C)C(C(=O)NCc5ccc(Br)cn5)C4)ncnc3n2)cc1. The Morgan fingerprint density at radius 2 is 1.94 bits per heavy atom. The van der Waals surface area contributed by atoms with Gasteiger partial charge in [-0.3, -0.25) is 14.7 Å². The first kappa shape index (κ1) is 22.4. The lowest BCUT2D eigenvalue weighted by Gasteiger charge is -2.39. The maximum atomic E-state index is 13.0. The van der Waals surface area contributed by atoms with E-state index >= 15 is 0 Å². The fourth-order valence-electron chi connectivity index (χ4n) is 4.06. The van der Waals surface area contributed by atoms with E-state index in [0.29, 0.717) is 18.7 Å². The predicted octanol–water partition coefficient (Wildman–Crippen LogP) is 2.72. The molecule has 174 valence electrons. The molecule has 1 aromatic carbocycles. The number of aromatic nitrogens is 5. The van der Waals surface area contributed by atoms with E-state index in [2.05, 4.69) is 70.2 Å². The Morgan fingerprint density at radius 3 is 2.71 bits per heavy atom. The quantitative estimate of drug-likeness (QED) is 0.432. The Morgan fingerprint density at radius 1 is 1.12 bits per heavy atom. The lowest BCUT2D eigenvalue weighted by Crippen LogP contribution is -2.57. The lowest BCUT2D eigenvalue weighted by atomic mass is 10.1. The first-order valence-electron chi connectivity index (χ1n) is 11.1. The molecule has 0 aliphatic carbocycles. The van der Waals surface area contributed by atoms with E-state index in [1.54, 1.807) is 6.20 Å². The number of nitrogens with one attached hydrogen (secondary N) is 1. The van der Waals surface area contributed by atoms with Gasteiger partial charge in [0.2, 0.25) is 5.91 Å². The van der Waals surface area contributed by atoms with E-state index in [0.717, 1.165) is 40.1 Å². The van der Waals surface area contributed by atoms with Crippen LogP contribution >= 0.6 is 15.9 Å². The number of rotatable bonds is 5. The van der Waals surface area contributed by atoms with Crippen LogP contribution in [0.25, 0.3) is 16.7 Å². The van der Waals surface area contributed by atoms with Crippen LogP contribution in [0.5, 0.6) is 0 Å². The predicted molar refractivity (Wildman–Crippen MR) is 134 cm³/mol. The highest BCUT2D eigenvalue weighted by atomic mass is 79.9. The van der Waals surface area contributed by atoms with Crippen molar-refractivity contribution in [2.24, 2.45) is 0 Å². The minimum atomic E-state index is -0.304. The topological polar surface area (TPSA) is 92.1 Å². The third-order valence-corrected chi connectivity index (χ3v) is 6.55. The molecule has 1 aliphatic rings. The number of hydrogen-bond acceptors (Lipinski definition) is 7. The Kier molecular flexibility index (Phi) is 6.25. The molecule has 3 aromatic heterocycles. The zero-order chi connectivity index (χ0) is 23.7. The minimum absolute atomic E-state index is 0.0300. The fourth-order valence-corrected chi connectivity index (χ4v) is 4.30. The Hall–Kier alpha value is -3.37. The molecule has 10 heteroatoms. The van der Waals surface area contributed by atoms with Gasteiger partial charge in [-0.15, -0.1) is 5.10 Å². The molecule has 1 unspecified atom stereocenters. The van der Waals surface area contributed by atoms with Gasteiger partial charge in [0.05, 0.1) is 23.3 Å². The van der Waals surface area contributed by atoms with Crippen molar-refractivity contribution in [3.63, 3.8) is 0 Å². The summed E-state index contributed by atoms with van der Waals surface area (Å²) in [7, 11) is 1.98. The average Bonchev–Trinajstić information content (AvgIpc) is 3.29. The minimum Gasteiger partial charge on any atom is -0.353 e. The Balaban J connectivity index is 1.35. The van der Waals surface area contributed by atoms with E-state index in [1.165, 1.54) is 11.9 Å². The van der Waals surface area contributed by atoms with Gasteiger partial charge < -0.3 is 10.2 Å². The molecule has 0 radical (unpaired) electrons. The van der Waals surface area contributed by atoms with Crippen LogP contribution in [-0.4, -0.2) is 68.3 Å². The number of anilines is 1. The number of piperazine rings is 1. The van der Waals surface area contributed by atoms with Crippen molar-refractivity contribution in [2.45, 2.75) is 19.5 Å². The molecule has 4 aromatic rings. The standard InChI is InChI=1S/C24H25BrN8O/c1-16-3-7-19(8-4-16)33-13-20-22(30-33)28-15-29-23(20)32-10-9-31(2)21(14-32)24(34)27-12-18-6-5-17(25)11-26-18/h3-8,11,13,15,21H,9-10,12,14H2,1-2H3,(H,27,34). The summed E-state index contributed by atoms with van der Waals surface area (Å²) in [4.78, 5) is 30.5. The summed E-state index contributed by atoms with van der Waals surface area (Å²) in [6.07, 6.45) is 5.23. The second-order valence-corrected chi connectivity index (χ2v) is 9.39. The number of hydrogen-bond donors (Lipinski definition) is 1.